The summed E-state index contributed by atoms with van der Waals surface area (Å²) in [5.41, 5.74) is 4.14. The van der Waals surface area contributed by atoms with Crippen LogP contribution in [0.3, 0.4) is 0 Å². The molecule has 2 aromatic heterocycles. The second-order valence-electron chi connectivity index (χ2n) is 9.08. The van der Waals surface area contributed by atoms with E-state index in [1.807, 2.05) is 12.3 Å². The Morgan fingerprint density at radius 2 is 1.84 bits per heavy atom. The zero-order chi connectivity index (χ0) is 21.9. The third-order valence-corrected chi connectivity index (χ3v) is 6.81. The van der Waals surface area contributed by atoms with Crippen molar-refractivity contribution in [3.05, 3.63) is 69.9 Å². The number of fused-ring (bicyclic) bond motifs is 3. The van der Waals surface area contributed by atoms with Gasteiger partial charge in [0, 0.05) is 56.6 Å². The smallest absolute Gasteiger partial charge is 0.276 e. The Morgan fingerprint density at radius 3 is 2.66 bits per heavy atom. The molecule has 1 saturated heterocycles. The lowest BCUT2D eigenvalue weighted by atomic mass is 9.97. The molecule has 0 atom stereocenters. The minimum Gasteiger partial charge on any atom is -0.353 e. The quantitative estimate of drug-likeness (QED) is 0.649. The van der Waals surface area contributed by atoms with E-state index < -0.39 is 0 Å². The van der Waals surface area contributed by atoms with E-state index in [9.17, 15) is 9.59 Å². The Morgan fingerprint density at radius 1 is 1.06 bits per heavy atom. The minimum atomic E-state index is -0.0369. The molecule has 2 aliphatic rings. The van der Waals surface area contributed by atoms with E-state index in [4.69, 9.17) is 0 Å². The first-order chi connectivity index (χ1) is 15.7. The number of carbonyl (C=O) groups excluding carboxylic acids is 1. The van der Waals surface area contributed by atoms with E-state index >= 15 is 0 Å². The molecule has 32 heavy (non-hydrogen) atoms. The fourth-order valence-corrected chi connectivity index (χ4v) is 5.03. The average molecular weight is 434 g/mol. The Bertz CT molecular complexity index is 1140. The van der Waals surface area contributed by atoms with Crippen LogP contribution >= 0.6 is 0 Å². The average Bonchev–Trinajstić information content (AvgIpc) is 3.20. The molecular weight excluding hydrogens is 402 g/mol. The maximum absolute atomic E-state index is 13.0. The predicted molar refractivity (Wildman–Crippen MR) is 124 cm³/mol. The van der Waals surface area contributed by atoms with Gasteiger partial charge in [0.1, 0.15) is 5.52 Å². The van der Waals surface area contributed by atoms with Gasteiger partial charge >= 0.3 is 0 Å². The standard InChI is InChI=1S/C25H31N5O2/c31-23(26-20-10-13-28(14-11-20)18-19-6-2-1-3-7-19)12-15-29-16-17-30-24(25(29)32)21-8-4-5-9-22(21)27-30/h1-3,6-7,16-17,20H,4-5,8-15,18H2,(H,26,31). The van der Waals surface area contributed by atoms with Crippen molar-refractivity contribution in [1.82, 2.24) is 24.4 Å². The van der Waals surface area contributed by atoms with Crippen LogP contribution in [-0.4, -0.2) is 44.1 Å². The number of likely N-dealkylation sites (tertiary alicyclic amines) is 1. The molecule has 3 aromatic rings. The van der Waals surface area contributed by atoms with Gasteiger partial charge in [-0.15, -0.1) is 0 Å². The van der Waals surface area contributed by atoms with Crippen molar-refractivity contribution in [1.29, 1.82) is 0 Å². The lowest BCUT2D eigenvalue weighted by Gasteiger charge is -2.32. The van der Waals surface area contributed by atoms with Gasteiger partial charge in [-0.1, -0.05) is 30.3 Å². The Kier molecular flexibility index (Phi) is 6.08. The van der Waals surface area contributed by atoms with Gasteiger partial charge in [0.05, 0.1) is 5.69 Å². The maximum Gasteiger partial charge on any atom is 0.276 e. The van der Waals surface area contributed by atoms with Crippen LogP contribution in [0.2, 0.25) is 0 Å². The number of benzene rings is 1. The normalized spacial score (nSPS) is 17.4. The molecule has 1 N–H and O–H groups in total. The molecule has 1 aromatic carbocycles. The molecule has 1 amide bonds. The highest BCUT2D eigenvalue weighted by Gasteiger charge is 2.22. The first-order valence-corrected chi connectivity index (χ1v) is 11.8. The Balaban J connectivity index is 1.13. The fraction of sp³-hybridized carbons (Fsp3) is 0.480. The number of aryl methyl sites for hydroxylation is 3. The summed E-state index contributed by atoms with van der Waals surface area (Å²) in [6.07, 6.45) is 9.95. The third kappa shape index (κ3) is 4.48. The molecule has 7 heteroatoms. The zero-order valence-corrected chi connectivity index (χ0v) is 18.5. The molecular formula is C25H31N5O2. The van der Waals surface area contributed by atoms with Crippen LogP contribution in [0.15, 0.2) is 47.5 Å². The Hall–Kier alpha value is -2.93. The number of amides is 1. The van der Waals surface area contributed by atoms with Gasteiger partial charge in [0.15, 0.2) is 0 Å². The molecule has 0 unspecified atom stereocenters. The molecule has 0 radical (unpaired) electrons. The maximum atomic E-state index is 13.0. The number of nitrogens with one attached hydrogen (secondary N) is 1. The second-order valence-corrected chi connectivity index (χ2v) is 9.08. The number of rotatable bonds is 6. The van der Waals surface area contributed by atoms with Crippen molar-refractivity contribution >= 4 is 11.4 Å². The van der Waals surface area contributed by atoms with Crippen LogP contribution < -0.4 is 10.9 Å². The summed E-state index contributed by atoms with van der Waals surface area (Å²) in [5, 5.41) is 7.76. The monoisotopic (exact) mass is 433 g/mol. The summed E-state index contributed by atoms with van der Waals surface area (Å²) in [5.74, 6) is 0.0221. The third-order valence-electron chi connectivity index (χ3n) is 6.81. The van der Waals surface area contributed by atoms with Gasteiger partial charge in [0.2, 0.25) is 5.91 Å². The summed E-state index contributed by atoms with van der Waals surface area (Å²) in [6.45, 7) is 3.34. The summed E-state index contributed by atoms with van der Waals surface area (Å²) in [7, 11) is 0. The fourth-order valence-electron chi connectivity index (χ4n) is 5.03. The first-order valence-electron chi connectivity index (χ1n) is 11.8. The van der Waals surface area contributed by atoms with E-state index in [1.165, 1.54) is 5.56 Å². The van der Waals surface area contributed by atoms with E-state index in [0.29, 0.717) is 18.5 Å². The van der Waals surface area contributed by atoms with Gasteiger partial charge in [0.25, 0.3) is 5.56 Å². The van der Waals surface area contributed by atoms with Crippen molar-refractivity contribution in [3.8, 4) is 0 Å². The molecule has 0 bridgehead atoms. The van der Waals surface area contributed by atoms with Crippen LogP contribution in [0, 0.1) is 0 Å². The number of carbonyl (C=O) groups is 1. The largest absolute Gasteiger partial charge is 0.353 e. The van der Waals surface area contributed by atoms with Crippen LogP contribution in [0.4, 0.5) is 0 Å². The molecule has 168 valence electrons. The minimum absolute atomic E-state index is 0.0221. The predicted octanol–water partition coefficient (Wildman–Crippen LogP) is 2.55. The molecule has 1 aliphatic carbocycles. The number of piperidine rings is 1. The molecule has 3 heterocycles. The summed E-state index contributed by atoms with van der Waals surface area (Å²) in [4.78, 5) is 28.0. The van der Waals surface area contributed by atoms with Crippen molar-refractivity contribution in [2.24, 2.45) is 0 Å². The van der Waals surface area contributed by atoms with Crippen molar-refractivity contribution in [3.63, 3.8) is 0 Å². The molecule has 1 fully saturated rings. The number of nitrogens with zero attached hydrogens (tertiary/aromatic N) is 4. The lowest BCUT2D eigenvalue weighted by Crippen LogP contribution is -2.44. The highest BCUT2D eigenvalue weighted by Crippen LogP contribution is 2.22. The van der Waals surface area contributed by atoms with Crippen molar-refractivity contribution < 1.29 is 4.79 Å². The highest BCUT2D eigenvalue weighted by atomic mass is 16.2. The van der Waals surface area contributed by atoms with Crippen LogP contribution in [-0.2, 0) is 30.7 Å². The van der Waals surface area contributed by atoms with Crippen LogP contribution in [0.5, 0.6) is 0 Å². The van der Waals surface area contributed by atoms with Crippen molar-refractivity contribution in [2.75, 3.05) is 13.1 Å². The van der Waals surface area contributed by atoms with Crippen LogP contribution in [0.25, 0.3) is 5.52 Å². The summed E-state index contributed by atoms with van der Waals surface area (Å²) in [6, 6.07) is 10.7. The lowest BCUT2D eigenvalue weighted by molar-refractivity contribution is -0.122. The number of aromatic nitrogens is 3. The van der Waals surface area contributed by atoms with E-state index in [2.05, 4.69) is 39.6 Å². The zero-order valence-electron chi connectivity index (χ0n) is 18.5. The van der Waals surface area contributed by atoms with Gasteiger partial charge in [-0.3, -0.25) is 14.5 Å². The van der Waals surface area contributed by atoms with Crippen molar-refractivity contribution in [2.45, 2.75) is 64.1 Å². The highest BCUT2D eigenvalue weighted by molar-refractivity contribution is 5.76. The van der Waals surface area contributed by atoms with Gasteiger partial charge in [-0.2, -0.15) is 5.10 Å². The van der Waals surface area contributed by atoms with Crippen LogP contribution in [0.1, 0.15) is 48.9 Å². The van der Waals surface area contributed by atoms with Gasteiger partial charge < -0.3 is 9.88 Å². The summed E-state index contributed by atoms with van der Waals surface area (Å²) >= 11 is 0. The van der Waals surface area contributed by atoms with E-state index in [0.717, 1.165) is 69.4 Å². The summed E-state index contributed by atoms with van der Waals surface area (Å²) < 4.78 is 3.38. The van der Waals surface area contributed by atoms with E-state index in [-0.39, 0.29) is 17.5 Å². The van der Waals surface area contributed by atoms with E-state index in [1.54, 1.807) is 15.3 Å². The number of hydrogen-bond donors (Lipinski definition) is 1. The van der Waals surface area contributed by atoms with Gasteiger partial charge in [-0.25, -0.2) is 4.52 Å². The topological polar surface area (TPSA) is 71.6 Å². The molecule has 0 spiro atoms. The molecule has 0 saturated carbocycles. The first kappa shape index (κ1) is 20.9. The second kappa shape index (κ2) is 9.28. The van der Waals surface area contributed by atoms with Gasteiger partial charge in [-0.05, 0) is 44.1 Å². The molecule has 7 nitrogen and oxygen atoms in total. The molecule has 1 aliphatic heterocycles. The SMILES string of the molecule is O=C(CCn1ccn2nc3c(c2c1=O)CCCC3)NC1CCN(Cc2ccccc2)CC1. The number of hydrogen-bond acceptors (Lipinski definition) is 4. The Labute approximate surface area is 188 Å². The molecule has 5 rings (SSSR count).